The van der Waals surface area contributed by atoms with Crippen molar-refractivity contribution < 1.29 is 40.3 Å². The summed E-state index contributed by atoms with van der Waals surface area (Å²) >= 11 is 0. The van der Waals surface area contributed by atoms with Gasteiger partial charge in [0.1, 0.15) is 5.82 Å². The van der Waals surface area contributed by atoms with E-state index in [4.69, 9.17) is 6.57 Å². The predicted octanol–water partition coefficient (Wildman–Crippen LogP) is 4.90. The number of hydrogen-bond donors (Lipinski definition) is 1. The first-order valence-corrected chi connectivity index (χ1v) is 10.6. The number of carbonyl (C=O) groups excluding carboxylic acids is 1. The fourth-order valence-corrected chi connectivity index (χ4v) is 3.45. The maximum atomic E-state index is 15.2. The van der Waals surface area contributed by atoms with Crippen LogP contribution in [-0.2, 0) is 13.2 Å². The molecule has 1 amide bonds. The molecule has 2 heterocycles. The van der Waals surface area contributed by atoms with Crippen molar-refractivity contribution in [3.63, 3.8) is 0 Å². The van der Waals surface area contributed by atoms with Gasteiger partial charge in [0.05, 0.1) is 24.6 Å². The van der Waals surface area contributed by atoms with Gasteiger partial charge >= 0.3 is 17.9 Å². The SMILES string of the molecule is [C-]#[N+]C1(NC(=O)c2cccc(-c3cnn(-c4c(C(F)(F)F)c(OC(F)(F)C(C)F)nn4C)c3)c2F)CC1. The highest BCUT2D eigenvalue weighted by atomic mass is 19.4. The zero-order valence-electron chi connectivity index (χ0n) is 19.1. The van der Waals surface area contributed by atoms with Gasteiger partial charge < -0.3 is 4.74 Å². The third-order valence-corrected chi connectivity index (χ3v) is 5.60. The monoisotopic (exact) mass is 530 g/mol. The molecule has 0 aliphatic heterocycles. The fraction of sp³-hybridized carbons (Fsp3) is 0.364. The maximum absolute atomic E-state index is 15.2. The average Bonchev–Trinajstić information content (AvgIpc) is 3.25. The molecule has 1 atom stereocenters. The second kappa shape index (κ2) is 8.79. The second-order valence-electron chi connectivity index (χ2n) is 8.34. The first kappa shape index (κ1) is 26.0. The van der Waals surface area contributed by atoms with Gasteiger partial charge in [-0.25, -0.2) is 24.7 Å². The Bertz CT molecular complexity index is 1400. The van der Waals surface area contributed by atoms with E-state index in [2.05, 4.69) is 25.1 Å². The Kier molecular flexibility index (Phi) is 6.17. The van der Waals surface area contributed by atoms with Crippen LogP contribution in [0.25, 0.3) is 21.8 Å². The number of rotatable bonds is 7. The van der Waals surface area contributed by atoms with Crippen molar-refractivity contribution in [2.75, 3.05) is 0 Å². The highest BCUT2D eigenvalue weighted by Crippen LogP contribution is 2.42. The number of nitrogens with one attached hydrogen (secondary N) is 1. The molecule has 1 fully saturated rings. The number of aryl methyl sites for hydroxylation is 1. The molecule has 0 radical (unpaired) electrons. The van der Waals surface area contributed by atoms with Crippen LogP contribution in [0.5, 0.6) is 5.88 Å². The first-order valence-electron chi connectivity index (χ1n) is 10.6. The van der Waals surface area contributed by atoms with Crippen LogP contribution in [0.1, 0.15) is 35.7 Å². The Labute approximate surface area is 204 Å². The molecule has 2 aromatic heterocycles. The number of aromatic nitrogens is 4. The number of alkyl halides is 6. The van der Waals surface area contributed by atoms with Crippen LogP contribution in [-0.4, -0.2) is 43.4 Å². The van der Waals surface area contributed by atoms with E-state index in [-0.39, 0.29) is 11.1 Å². The van der Waals surface area contributed by atoms with E-state index in [1.807, 2.05) is 0 Å². The maximum Gasteiger partial charge on any atom is 0.430 e. The van der Waals surface area contributed by atoms with Gasteiger partial charge in [-0.2, -0.15) is 27.1 Å². The molecule has 4 rings (SSSR count). The molecule has 3 aromatic rings. The Morgan fingerprint density at radius 3 is 2.51 bits per heavy atom. The summed E-state index contributed by atoms with van der Waals surface area (Å²) in [6.45, 7) is 7.55. The summed E-state index contributed by atoms with van der Waals surface area (Å²) in [5, 5.41) is 9.55. The van der Waals surface area contributed by atoms with E-state index in [1.54, 1.807) is 0 Å². The van der Waals surface area contributed by atoms with Crippen molar-refractivity contribution in [2.45, 2.75) is 43.9 Å². The first-order chi connectivity index (χ1) is 17.2. The van der Waals surface area contributed by atoms with Gasteiger partial charge in [-0.15, -0.1) is 5.10 Å². The molecule has 1 N–H and O–H groups in total. The van der Waals surface area contributed by atoms with Crippen molar-refractivity contribution >= 4 is 5.91 Å². The molecule has 0 spiro atoms. The normalized spacial score (nSPS) is 15.7. The Hall–Kier alpha value is -4.09. The zero-order chi connectivity index (χ0) is 27.3. The van der Waals surface area contributed by atoms with Crippen LogP contribution >= 0.6 is 0 Å². The van der Waals surface area contributed by atoms with E-state index in [0.29, 0.717) is 29.1 Å². The highest BCUT2D eigenvalue weighted by Gasteiger charge is 2.52. The van der Waals surface area contributed by atoms with Gasteiger partial charge in [0.15, 0.2) is 11.4 Å². The van der Waals surface area contributed by atoms with Crippen molar-refractivity contribution in [3.05, 3.63) is 59.0 Å². The van der Waals surface area contributed by atoms with Gasteiger partial charge in [-0.1, -0.05) is 12.1 Å². The van der Waals surface area contributed by atoms with Crippen LogP contribution < -0.4 is 10.1 Å². The second-order valence-corrected chi connectivity index (χ2v) is 8.34. The molecule has 0 bridgehead atoms. The van der Waals surface area contributed by atoms with Gasteiger partial charge in [0, 0.05) is 24.4 Å². The summed E-state index contributed by atoms with van der Waals surface area (Å²) in [6, 6.07) is 3.76. The van der Waals surface area contributed by atoms with Gasteiger partial charge in [-0.3, -0.25) is 15.0 Å². The summed E-state index contributed by atoms with van der Waals surface area (Å²) < 4.78 is 103. The average molecular weight is 530 g/mol. The smallest absolute Gasteiger partial charge is 0.410 e. The Morgan fingerprint density at radius 1 is 1.27 bits per heavy atom. The third-order valence-electron chi connectivity index (χ3n) is 5.60. The molecular weight excluding hydrogens is 513 g/mol. The largest absolute Gasteiger partial charge is 0.430 e. The number of halogens is 7. The van der Waals surface area contributed by atoms with Gasteiger partial charge in [-0.05, 0) is 13.0 Å². The molecule has 196 valence electrons. The number of hydrogen-bond acceptors (Lipinski definition) is 4. The van der Waals surface area contributed by atoms with Crippen LogP contribution in [0.15, 0.2) is 30.6 Å². The number of ether oxygens (including phenoxy) is 1. The van der Waals surface area contributed by atoms with Crippen LogP contribution in [0.2, 0.25) is 0 Å². The van der Waals surface area contributed by atoms with Crippen molar-refractivity contribution in [2.24, 2.45) is 7.05 Å². The van der Waals surface area contributed by atoms with Crippen LogP contribution in [0.4, 0.5) is 30.7 Å². The molecule has 15 heteroatoms. The summed E-state index contributed by atoms with van der Waals surface area (Å²) in [4.78, 5) is 15.8. The van der Waals surface area contributed by atoms with Crippen LogP contribution in [0, 0.1) is 12.4 Å². The van der Waals surface area contributed by atoms with Crippen molar-refractivity contribution in [3.8, 4) is 22.8 Å². The molecule has 1 aliphatic carbocycles. The Morgan fingerprint density at radius 2 is 1.95 bits per heavy atom. The lowest BCUT2D eigenvalue weighted by molar-refractivity contribution is -0.220. The number of nitrogens with zero attached hydrogens (tertiary/aromatic N) is 5. The number of carbonyl (C=O) groups is 1. The predicted molar refractivity (Wildman–Crippen MR) is 113 cm³/mol. The zero-order valence-corrected chi connectivity index (χ0v) is 19.1. The minimum absolute atomic E-state index is 0.0574. The summed E-state index contributed by atoms with van der Waals surface area (Å²) in [5.74, 6) is -4.29. The lowest BCUT2D eigenvalue weighted by Crippen LogP contribution is -2.35. The van der Waals surface area contributed by atoms with E-state index in [9.17, 15) is 31.1 Å². The lowest BCUT2D eigenvalue weighted by atomic mass is 10.0. The van der Waals surface area contributed by atoms with Crippen LogP contribution in [0.3, 0.4) is 0 Å². The Balaban J connectivity index is 1.73. The van der Waals surface area contributed by atoms with Gasteiger partial charge in [0.25, 0.3) is 11.8 Å². The lowest BCUT2D eigenvalue weighted by Gasteiger charge is -2.18. The summed E-state index contributed by atoms with van der Waals surface area (Å²) in [7, 11) is 0.992. The molecule has 37 heavy (non-hydrogen) atoms. The topological polar surface area (TPSA) is 78.3 Å². The minimum atomic E-state index is -5.27. The summed E-state index contributed by atoms with van der Waals surface area (Å²) in [6.07, 6.45) is -10.0. The van der Waals surface area contributed by atoms with E-state index >= 15 is 4.39 Å². The molecule has 8 nitrogen and oxygen atoms in total. The van der Waals surface area contributed by atoms with Crippen molar-refractivity contribution in [1.29, 1.82) is 0 Å². The van der Waals surface area contributed by atoms with Crippen molar-refractivity contribution in [1.82, 2.24) is 24.9 Å². The molecule has 1 unspecified atom stereocenters. The molecule has 1 aromatic carbocycles. The molecule has 0 saturated heterocycles. The quantitative estimate of drug-likeness (QED) is 0.348. The fourth-order valence-electron chi connectivity index (χ4n) is 3.45. The van der Waals surface area contributed by atoms with E-state index in [0.717, 1.165) is 19.4 Å². The molecule has 1 saturated carbocycles. The molecule has 1 aliphatic rings. The van der Waals surface area contributed by atoms with E-state index in [1.165, 1.54) is 18.2 Å². The number of benzene rings is 1. The number of amides is 1. The molecular formula is C22H17F7N6O2. The summed E-state index contributed by atoms with van der Waals surface area (Å²) in [5.41, 5.74) is -3.48. The minimum Gasteiger partial charge on any atom is -0.410 e. The highest BCUT2D eigenvalue weighted by molar-refractivity contribution is 5.96. The van der Waals surface area contributed by atoms with E-state index < -0.39 is 58.7 Å². The standard InChI is InChI=1S/C22H17F7N6O2/c1-11(23)22(28,29)37-18-15(21(25,26)27)19(34(3)33-18)35-10-12(9-31-35)13-5-4-6-14(16(13)24)17(36)32-20(30-2)7-8-20/h4-6,9-11H,7-8H2,1,3H3,(H,32,36). The third kappa shape index (κ3) is 4.83. The van der Waals surface area contributed by atoms with Gasteiger partial charge in [0.2, 0.25) is 6.17 Å².